The summed E-state index contributed by atoms with van der Waals surface area (Å²) in [5.74, 6) is 1.82. The Hall–Kier alpha value is 0.639. The van der Waals surface area contributed by atoms with Gasteiger partial charge >= 0.3 is 146 Å². The topological polar surface area (TPSA) is 24.9 Å². The van der Waals surface area contributed by atoms with Crippen LogP contribution in [0.1, 0.15) is 64.2 Å². The molecular formula is C18H30N2O2Sn. The van der Waals surface area contributed by atoms with Crippen LogP contribution in [0.5, 0.6) is 0 Å². The molecule has 23 heavy (non-hydrogen) atoms. The second kappa shape index (κ2) is 5.32. The summed E-state index contributed by atoms with van der Waals surface area (Å²) in [5, 5.41) is 0. The summed E-state index contributed by atoms with van der Waals surface area (Å²) >= 11 is -3.23. The first-order valence-corrected chi connectivity index (χ1v) is 15.1. The second-order valence-corrected chi connectivity index (χ2v) is 16.7. The molecule has 0 aromatic heterocycles. The van der Waals surface area contributed by atoms with Crippen LogP contribution in [0.25, 0.3) is 0 Å². The Labute approximate surface area is 145 Å². The Balaban J connectivity index is 1.41. The predicted molar refractivity (Wildman–Crippen MR) is 89.6 cm³/mol. The third kappa shape index (κ3) is 1.93. The Morgan fingerprint density at radius 2 is 1.09 bits per heavy atom. The van der Waals surface area contributed by atoms with Gasteiger partial charge in [0.25, 0.3) is 0 Å². The van der Waals surface area contributed by atoms with Crippen molar-refractivity contribution in [2.24, 2.45) is 11.8 Å². The van der Waals surface area contributed by atoms with E-state index in [1.54, 1.807) is 0 Å². The molecule has 4 nitrogen and oxygen atoms in total. The first-order chi connectivity index (χ1) is 11.4. The second-order valence-electron chi connectivity index (χ2n) is 8.90. The zero-order chi connectivity index (χ0) is 15.0. The van der Waals surface area contributed by atoms with Gasteiger partial charge in [-0.3, -0.25) is 0 Å². The van der Waals surface area contributed by atoms with E-state index in [-0.39, 0.29) is 0 Å². The van der Waals surface area contributed by atoms with Crippen molar-refractivity contribution in [2.75, 3.05) is 13.1 Å². The summed E-state index contributed by atoms with van der Waals surface area (Å²) in [5.41, 5.74) is 0. The van der Waals surface area contributed by atoms with Gasteiger partial charge in [0.1, 0.15) is 0 Å². The van der Waals surface area contributed by atoms with Crippen LogP contribution in [-0.4, -0.2) is 63.4 Å². The molecule has 0 amide bonds. The first kappa shape index (κ1) is 14.8. The van der Waals surface area contributed by atoms with Crippen LogP contribution in [0.3, 0.4) is 0 Å². The summed E-state index contributed by atoms with van der Waals surface area (Å²) in [4.78, 5) is 0. The van der Waals surface area contributed by atoms with Crippen LogP contribution >= 0.6 is 0 Å². The molecule has 0 aromatic rings. The average molecular weight is 425 g/mol. The molecule has 0 radical (unpaired) electrons. The third-order valence-corrected chi connectivity index (χ3v) is 18.5. The molecule has 6 atom stereocenters. The normalized spacial score (nSPS) is 55.8. The van der Waals surface area contributed by atoms with Gasteiger partial charge in [-0.25, -0.2) is 0 Å². The van der Waals surface area contributed by atoms with Crippen molar-refractivity contribution in [2.45, 2.75) is 88.5 Å². The zero-order valence-electron chi connectivity index (χ0n) is 14.2. The summed E-state index contributed by atoms with van der Waals surface area (Å²) in [6.45, 7) is 2.54. The van der Waals surface area contributed by atoms with E-state index in [4.69, 9.17) is 6.15 Å². The van der Waals surface area contributed by atoms with Crippen LogP contribution in [0.15, 0.2) is 0 Å². The van der Waals surface area contributed by atoms with Gasteiger partial charge in [0, 0.05) is 0 Å². The molecule has 6 unspecified atom stereocenters. The quantitative estimate of drug-likeness (QED) is 0.558. The number of piperidine rings is 2. The fraction of sp³-hybridized carbons (Fsp3) is 1.00. The minimum absolute atomic E-state index is 0.519. The van der Waals surface area contributed by atoms with Gasteiger partial charge in [-0.15, -0.1) is 0 Å². The van der Waals surface area contributed by atoms with Gasteiger partial charge in [-0.2, -0.15) is 0 Å². The minimum atomic E-state index is -3.23. The van der Waals surface area contributed by atoms with Gasteiger partial charge in [0.05, 0.1) is 0 Å². The standard InChI is InChI=1S/2C9H15NO.Sn/c2*11-8-5-1-3-7-4-2-6-10-9(7)8;/h2*7-9H,1-6H2;/q2*-2;+4. The van der Waals surface area contributed by atoms with Crippen molar-refractivity contribution < 1.29 is 6.15 Å². The number of rotatable bonds is 0. The fourth-order valence-electron chi connectivity index (χ4n) is 7.11. The van der Waals surface area contributed by atoms with Crippen molar-refractivity contribution in [1.82, 2.24) is 6.24 Å². The van der Waals surface area contributed by atoms with E-state index in [2.05, 4.69) is 6.24 Å². The number of nitrogens with zero attached hydrogens (tertiary/aromatic N) is 2. The van der Waals surface area contributed by atoms with E-state index >= 15 is 0 Å². The molecule has 2 aliphatic carbocycles. The molecule has 4 aliphatic heterocycles. The van der Waals surface area contributed by atoms with E-state index in [0.717, 1.165) is 23.9 Å². The maximum absolute atomic E-state index is 7.05. The SMILES string of the molecule is C1CC2CCC[N]3C2C(C1)[O][Sn]31[O]C2CCCC3CCC[N]1C32. The van der Waals surface area contributed by atoms with Crippen molar-refractivity contribution in [3.8, 4) is 0 Å². The molecule has 0 N–H and O–H groups in total. The van der Waals surface area contributed by atoms with Gasteiger partial charge < -0.3 is 0 Å². The first-order valence-electron chi connectivity index (χ1n) is 10.3. The third-order valence-electron chi connectivity index (χ3n) is 7.86. The Morgan fingerprint density at radius 3 is 1.61 bits per heavy atom. The molecule has 4 heterocycles. The predicted octanol–water partition coefficient (Wildman–Crippen LogP) is 2.75. The van der Waals surface area contributed by atoms with E-state index in [1.807, 2.05) is 0 Å². The number of fused-ring (bicyclic) bond motifs is 2. The molecule has 6 rings (SSSR count). The summed E-state index contributed by atoms with van der Waals surface area (Å²) in [6.07, 6.45) is 14.9. The average Bonchev–Trinajstić information content (AvgIpc) is 3.08. The summed E-state index contributed by atoms with van der Waals surface area (Å²) in [6, 6.07) is 1.46. The van der Waals surface area contributed by atoms with E-state index < -0.39 is 19.8 Å². The molecule has 2 saturated carbocycles. The van der Waals surface area contributed by atoms with Crippen molar-refractivity contribution >= 4 is 19.8 Å². The zero-order valence-corrected chi connectivity index (χ0v) is 17.0. The van der Waals surface area contributed by atoms with Crippen molar-refractivity contribution in [3.63, 3.8) is 0 Å². The van der Waals surface area contributed by atoms with Gasteiger partial charge in [-0.1, -0.05) is 0 Å². The van der Waals surface area contributed by atoms with Gasteiger partial charge in [-0.05, 0) is 0 Å². The number of hydrogen-bond acceptors (Lipinski definition) is 4. The molecule has 0 bridgehead atoms. The molecule has 1 spiro atoms. The van der Waals surface area contributed by atoms with Crippen LogP contribution in [0.2, 0.25) is 0 Å². The van der Waals surface area contributed by atoms with Crippen LogP contribution in [-0.2, 0) is 6.15 Å². The molecule has 6 fully saturated rings. The Morgan fingerprint density at radius 1 is 0.609 bits per heavy atom. The van der Waals surface area contributed by atoms with Crippen LogP contribution in [0, 0.1) is 11.8 Å². The van der Waals surface area contributed by atoms with E-state index in [0.29, 0.717) is 12.2 Å². The number of hydrogen-bond donors (Lipinski definition) is 0. The molecule has 0 aromatic carbocycles. The van der Waals surface area contributed by atoms with Gasteiger partial charge in [0.2, 0.25) is 0 Å². The monoisotopic (exact) mass is 426 g/mol. The van der Waals surface area contributed by atoms with E-state index in [1.165, 1.54) is 77.3 Å². The van der Waals surface area contributed by atoms with Crippen molar-refractivity contribution in [1.29, 1.82) is 0 Å². The van der Waals surface area contributed by atoms with Crippen molar-refractivity contribution in [3.05, 3.63) is 0 Å². The van der Waals surface area contributed by atoms with Crippen LogP contribution < -0.4 is 0 Å². The molecular weight excluding hydrogens is 395 g/mol. The summed E-state index contributed by atoms with van der Waals surface area (Å²) < 4.78 is 19.9. The Kier molecular flexibility index (Phi) is 3.42. The fourth-order valence-corrected chi connectivity index (χ4v) is 20.3. The molecule has 6 aliphatic rings. The van der Waals surface area contributed by atoms with Gasteiger partial charge in [0.15, 0.2) is 0 Å². The molecule has 128 valence electrons. The molecule has 5 heteroatoms. The maximum atomic E-state index is 7.05. The van der Waals surface area contributed by atoms with E-state index in [9.17, 15) is 0 Å². The molecule has 4 saturated heterocycles. The Bertz CT molecular complexity index is 455. The van der Waals surface area contributed by atoms with Crippen LogP contribution in [0.4, 0.5) is 0 Å². The summed E-state index contributed by atoms with van der Waals surface area (Å²) in [7, 11) is 0.